The molecule has 1 fully saturated rings. The summed E-state index contributed by atoms with van der Waals surface area (Å²) in [6, 6.07) is 0.292. The van der Waals surface area contributed by atoms with Crippen LogP contribution in [0.1, 0.15) is 38.2 Å². The second-order valence-corrected chi connectivity index (χ2v) is 7.51. The maximum atomic E-state index is 12.6. The molecule has 6 heteroatoms. The molecule has 2 heterocycles. The summed E-state index contributed by atoms with van der Waals surface area (Å²) in [7, 11) is 0. The van der Waals surface area contributed by atoms with Gasteiger partial charge < -0.3 is 5.32 Å². The van der Waals surface area contributed by atoms with E-state index in [1.54, 1.807) is 17.7 Å². The molecule has 120 valence electrons. The molecule has 22 heavy (non-hydrogen) atoms. The van der Waals surface area contributed by atoms with Gasteiger partial charge in [0.15, 0.2) is 5.16 Å². The summed E-state index contributed by atoms with van der Waals surface area (Å²) < 4.78 is 1.65. The Hall–Kier alpha value is -1.30. The number of hydrogen-bond acceptors (Lipinski definition) is 4. The van der Waals surface area contributed by atoms with Crippen molar-refractivity contribution in [3.8, 4) is 0 Å². The van der Waals surface area contributed by atoms with E-state index in [0.717, 1.165) is 11.6 Å². The number of hydrogen-bond donors (Lipinski definition) is 1. The molecule has 1 aromatic rings. The molecule has 1 aromatic heterocycles. The second-order valence-electron chi connectivity index (χ2n) is 6.52. The third kappa shape index (κ3) is 3.07. The first kappa shape index (κ1) is 15.6. The van der Waals surface area contributed by atoms with Crippen molar-refractivity contribution in [2.24, 2.45) is 11.8 Å². The summed E-state index contributed by atoms with van der Waals surface area (Å²) in [6.45, 7) is 4.43. The Morgan fingerprint density at radius 3 is 2.95 bits per heavy atom. The summed E-state index contributed by atoms with van der Waals surface area (Å²) in [5.74, 6) is 1.19. The van der Waals surface area contributed by atoms with Crippen LogP contribution in [0, 0.1) is 18.8 Å². The number of carbonyl (C=O) groups is 1. The topological polar surface area (TPSA) is 64.0 Å². The van der Waals surface area contributed by atoms with Gasteiger partial charge in [-0.25, -0.2) is 4.98 Å². The fourth-order valence-electron chi connectivity index (χ4n) is 3.29. The van der Waals surface area contributed by atoms with E-state index in [1.807, 2.05) is 0 Å². The van der Waals surface area contributed by atoms with Gasteiger partial charge in [-0.15, -0.1) is 0 Å². The highest BCUT2D eigenvalue weighted by Crippen LogP contribution is 2.27. The van der Waals surface area contributed by atoms with Crippen LogP contribution in [0.15, 0.2) is 16.1 Å². The molecule has 0 bridgehead atoms. The molecule has 0 radical (unpaired) electrons. The zero-order valence-electron chi connectivity index (χ0n) is 13.2. The van der Waals surface area contributed by atoms with Gasteiger partial charge in [-0.2, -0.15) is 0 Å². The molecule has 1 aliphatic heterocycles. The van der Waals surface area contributed by atoms with E-state index in [0.29, 0.717) is 29.8 Å². The lowest BCUT2D eigenvalue weighted by molar-refractivity contribution is -0.126. The molecule has 0 spiro atoms. The van der Waals surface area contributed by atoms with Crippen molar-refractivity contribution in [3.05, 3.63) is 22.1 Å². The van der Waals surface area contributed by atoms with E-state index in [-0.39, 0.29) is 17.4 Å². The van der Waals surface area contributed by atoms with E-state index < -0.39 is 0 Å². The fourth-order valence-corrected chi connectivity index (χ4v) is 4.34. The molecule has 1 aliphatic carbocycles. The molecule has 2 aliphatic rings. The molecule has 3 atom stereocenters. The minimum absolute atomic E-state index is 0.0268. The number of thioether (sulfide) groups is 1. The van der Waals surface area contributed by atoms with Crippen LogP contribution in [0.5, 0.6) is 0 Å². The van der Waals surface area contributed by atoms with Crippen LogP contribution in [-0.4, -0.2) is 27.3 Å². The van der Waals surface area contributed by atoms with Crippen molar-refractivity contribution >= 4 is 17.7 Å². The Labute approximate surface area is 134 Å². The number of carbonyl (C=O) groups excluding carboxylic acids is 1. The smallest absolute Gasteiger partial charge is 0.257 e. The van der Waals surface area contributed by atoms with Gasteiger partial charge in [0.05, 0.1) is 5.92 Å². The first-order chi connectivity index (χ1) is 10.6. The average molecular weight is 321 g/mol. The van der Waals surface area contributed by atoms with Crippen molar-refractivity contribution < 1.29 is 4.79 Å². The number of fused-ring (bicyclic) bond motifs is 1. The summed E-state index contributed by atoms with van der Waals surface area (Å²) >= 11 is 1.50. The Kier molecular flexibility index (Phi) is 4.57. The summed E-state index contributed by atoms with van der Waals surface area (Å²) in [4.78, 5) is 29.1. The fraction of sp³-hybridized carbons (Fsp3) is 0.688. The zero-order chi connectivity index (χ0) is 15.7. The van der Waals surface area contributed by atoms with Gasteiger partial charge in [-0.3, -0.25) is 14.2 Å². The highest BCUT2D eigenvalue weighted by atomic mass is 32.2. The maximum Gasteiger partial charge on any atom is 0.257 e. The monoisotopic (exact) mass is 321 g/mol. The Morgan fingerprint density at radius 2 is 2.18 bits per heavy atom. The van der Waals surface area contributed by atoms with E-state index in [1.165, 1.54) is 31.0 Å². The van der Waals surface area contributed by atoms with Gasteiger partial charge >= 0.3 is 0 Å². The summed E-state index contributed by atoms with van der Waals surface area (Å²) in [5.41, 5.74) is 0.604. The van der Waals surface area contributed by atoms with Crippen molar-refractivity contribution in [2.45, 2.75) is 57.3 Å². The number of aromatic nitrogens is 2. The van der Waals surface area contributed by atoms with Gasteiger partial charge in [-0.05, 0) is 25.7 Å². The average Bonchev–Trinajstić information content (AvgIpc) is 2.53. The van der Waals surface area contributed by atoms with Gasteiger partial charge in [0, 0.05) is 30.1 Å². The largest absolute Gasteiger partial charge is 0.353 e. The standard InChI is InChI=1S/C16H23N3O2S/c1-10-5-3-4-6-13(10)18-14(20)12-8-19-15(21)11(2)7-17-16(19)22-9-12/h7,10,12-13H,3-6,8-9H2,1-2H3,(H,18,20). The van der Waals surface area contributed by atoms with E-state index >= 15 is 0 Å². The van der Waals surface area contributed by atoms with Crippen LogP contribution in [-0.2, 0) is 11.3 Å². The van der Waals surface area contributed by atoms with E-state index in [9.17, 15) is 9.59 Å². The van der Waals surface area contributed by atoms with Gasteiger partial charge in [0.1, 0.15) is 0 Å². The molecular formula is C16H23N3O2S. The quantitative estimate of drug-likeness (QED) is 0.846. The second kappa shape index (κ2) is 6.44. The molecule has 0 aromatic carbocycles. The molecule has 3 unspecified atom stereocenters. The predicted octanol–water partition coefficient (Wildman–Crippen LogP) is 1.97. The molecule has 0 saturated heterocycles. The van der Waals surface area contributed by atoms with Crippen LogP contribution in [0.3, 0.4) is 0 Å². The number of nitrogens with one attached hydrogen (secondary N) is 1. The van der Waals surface area contributed by atoms with Gasteiger partial charge in [-0.1, -0.05) is 31.5 Å². The zero-order valence-corrected chi connectivity index (χ0v) is 14.0. The van der Waals surface area contributed by atoms with Crippen LogP contribution in [0.25, 0.3) is 0 Å². The van der Waals surface area contributed by atoms with Crippen molar-refractivity contribution in [1.82, 2.24) is 14.9 Å². The van der Waals surface area contributed by atoms with Crippen LogP contribution < -0.4 is 10.9 Å². The van der Waals surface area contributed by atoms with Crippen molar-refractivity contribution in [2.75, 3.05) is 5.75 Å². The molecular weight excluding hydrogens is 298 g/mol. The molecule has 1 N–H and O–H groups in total. The number of aryl methyl sites for hydroxylation is 1. The lowest BCUT2D eigenvalue weighted by Crippen LogP contribution is -2.47. The minimum atomic E-state index is -0.145. The lowest BCUT2D eigenvalue weighted by atomic mass is 9.85. The normalized spacial score (nSPS) is 28.0. The lowest BCUT2D eigenvalue weighted by Gasteiger charge is -2.32. The maximum absolute atomic E-state index is 12.6. The Balaban J connectivity index is 1.70. The summed E-state index contributed by atoms with van der Waals surface area (Å²) in [5, 5.41) is 3.94. The highest BCUT2D eigenvalue weighted by molar-refractivity contribution is 7.99. The highest BCUT2D eigenvalue weighted by Gasteiger charge is 2.30. The van der Waals surface area contributed by atoms with Crippen LogP contribution in [0.4, 0.5) is 0 Å². The predicted molar refractivity (Wildman–Crippen MR) is 87.0 cm³/mol. The van der Waals surface area contributed by atoms with Crippen LogP contribution in [0.2, 0.25) is 0 Å². The van der Waals surface area contributed by atoms with E-state index in [4.69, 9.17) is 0 Å². The van der Waals surface area contributed by atoms with Crippen molar-refractivity contribution in [1.29, 1.82) is 0 Å². The SMILES string of the molecule is Cc1cnc2n(c1=O)CC(C(=O)NC1CCCCC1C)CS2. The van der Waals surface area contributed by atoms with Gasteiger partial charge in [0.25, 0.3) is 5.56 Å². The van der Waals surface area contributed by atoms with Crippen LogP contribution >= 0.6 is 11.8 Å². The van der Waals surface area contributed by atoms with E-state index in [2.05, 4.69) is 17.2 Å². The molecule has 1 saturated carbocycles. The minimum Gasteiger partial charge on any atom is -0.353 e. The summed E-state index contributed by atoms with van der Waals surface area (Å²) in [6.07, 6.45) is 6.34. The Morgan fingerprint density at radius 1 is 1.41 bits per heavy atom. The first-order valence-electron chi connectivity index (χ1n) is 8.06. The van der Waals surface area contributed by atoms with Crippen molar-refractivity contribution in [3.63, 3.8) is 0 Å². The third-order valence-electron chi connectivity index (χ3n) is 4.81. The number of nitrogens with zero attached hydrogens (tertiary/aromatic N) is 2. The first-order valence-corrected chi connectivity index (χ1v) is 9.04. The molecule has 1 amide bonds. The number of amides is 1. The van der Waals surface area contributed by atoms with Gasteiger partial charge in [0.2, 0.25) is 5.91 Å². The Bertz CT molecular complexity index is 628. The third-order valence-corrected chi connectivity index (χ3v) is 5.96. The number of rotatable bonds is 2. The molecule has 3 rings (SSSR count). The molecule has 5 nitrogen and oxygen atoms in total.